The van der Waals surface area contributed by atoms with Crippen LogP contribution in [-0.2, 0) is 4.74 Å². The van der Waals surface area contributed by atoms with Gasteiger partial charge in [-0.2, -0.15) is 0 Å². The fraction of sp³-hybridized carbons (Fsp3) is 0.316. The highest BCUT2D eigenvalue weighted by atomic mass is 16.5. The van der Waals surface area contributed by atoms with E-state index in [0.717, 1.165) is 5.56 Å². The number of rotatable bonds is 5. The molecule has 0 aliphatic rings. The summed E-state index contributed by atoms with van der Waals surface area (Å²) in [4.78, 5) is 39.3. The second-order valence-corrected chi connectivity index (χ2v) is 6.11. The number of hydrogen-bond donors (Lipinski definition) is 2. The lowest BCUT2D eigenvalue weighted by molar-refractivity contribution is 0.0314. The number of Topliss-reactive ketones (excluding diaryl/α,β-unsaturated/α-hetero) is 2. The molecule has 0 amide bonds. The molecule has 0 spiro atoms. The first-order valence-corrected chi connectivity index (χ1v) is 7.88. The molecule has 6 nitrogen and oxygen atoms in total. The molecule has 25 heavy (non-hydrogen) atoms. The molecular formula is C19H21NO5. The second-order valence-electron chi connectivity index (χ2n) is 6.11. The summed E-state index contributed by atoms with van der Waals surface area (Å²) in [5, 5.41) is 9.85. The first kappa shape index (κ1) is 18.4. The zero-order valence-electron chi connectivity index (χ0n) is 14.9. The van der Waals surface area contributed by atoms with Gasteiger partial charge in [0.05, 0.1) is 5.69 Å². The largest absolute Gasteiger partial charge is 0.507 e. The minimum absolute atomic E-state index is 0.00550. The van der Waals surface area contributed by atoms with Crippen LogP contribution in [0.1, 0.15) is 61.9 Å². The molecule has 0 aliphatic heterocycles. The van der Waals surface area contributed by atoms with Gasteiger partial charge in [-0.1, -0.05) is 6.07 Å². The molecule has 0 bridgehead atoms. The van der Waals surface area contributed by atoms with Crippen LogP contribution in [0.3, 0.4) is 0 Å². The van der Waals surface area contributed by atoms with Gasteiger partial charge in [0.15, 0.2) is 11.9 Å². The number of ketones is 2. The van der Waals surface area contributed by atoms with Gasteiger partial charge in [-0.15, -0.1) is 0 Å². The summed E-state index contributed by atoms with van der Waals surface area (Å²) < 4.78 is 5.18. The molecule has 0 saturated heterocycles. The lowest BCUT2D eigenvalue weighted by Gasteiger charge is -2.13. The van der Waals surface area contributed by atoms with Gasteiger partial charge in [-0.3, -0.25) is 9.59 Å². The molecule has 6 heteroatoms. The number of esters is 1. The normalized spacial score (nSPS) is 11.9. The third-order valence-corrected chi connectivity index (χ3v) is 4.06. The van der Waals surface area contributed by atoms with E-state index in [2.05, 4.69) is 4.98 Å². The Morgan fingerprint density at radius 2 is 1.80 bits per heavy atom. The lowest BCUT2D eigenvalue weighted by atomic mass is 10.0. The van der Waals surface area contributed by atoms with Crippen LogP contribution >= 0.6 is 0 Å². The maximum atomic E-state index is 12.6. The van der Waals surface area contributed by atoms with E-state index in [1.807, 2.05) is 0 Å². The Bertz CT molecular complexity index is 863. The zero-order valence-corrected chi connectivity index (χ0v) is 14.9. The molecule has 2 aromatic rings. The fourth-order valence-corrected chi connectivity index (χ4v) is 2.82. The van der Waals surface area contributed by atoms with Crippen molar-refractivity contribution < 1.29 is 24.2 Å². The van der Waals surface area contributed by atoms with Crippen LogP contribution in [0, 0.1) is 20.8 Å². The molecule has 1 atom stereocenters. The summed E-state index contributed by atoms with van der Waals surface area (Å²) in [5.41, 5.74) is 2.65. The number of aromatic hydroxyl groups is 1. The summed E-state index contributed by atoms with van der Waals surface area (Å²) >= 11 is 0. The van der Waals surface area contributed by atoms with Gasteiger partial charge in [0.25, 0.3) is 0 Å². The van der Waals surface area contributed by atoms with Crippen molar-refractivity contribution in [2.75, 3.05) is 0 Å². The number of aryl methyl sites for hydroxylation is 2. The summed E-state index contributed by atoms with van der Waals surface area (Å²) in [6.45, 7) is 8.05. The van der Waals surface area contributed by atoms with E-state index in [9.17, 15) is 19.5 Å². The fourth-order valence-electron chi connectivity index (χ4n) is 2.82. The topological polar surface area (TPSA) is 96.5 Å². The second kappa shape index (κ2) is 6.93. The predicted molar refractivity (Wildman–Crippen MR) is 92.3 cm³/mol. The van der Waals surface area contributed by atoms with Crippen molar-refractivity contribution in [1.82, 2.24) is 4.98 Å². The third kappa shape index (κ3) is 3.63. The number of nitrogens with one attached hydrogen (secondary N) is 1. The number of benzene rings is 1. The Morgan fingerprint density at radius 3 is 2.32 bits per heavy atom. The van der Waals surface area contributed by atoms with Crippen molar-refractivity contribution in [2.45, 2.75) is 40.7 Å². The molecule has 0 unspecified atom stereocenters. The highest BCUT2D eigenvalue weighted by Gasteiger charge is 2.27. The van der Waals surface area contributed by atoms with Crippen molar-refractivity contribution in [3.8, 4) is 5.75 Å². The van der Waals surface area contributed by atoms with Crippen LogP contribution in [0.15, 0.2) is 18.2 Å². The molecule has 1 aromatic carbocycles. The van der Waals surface area contributed by atoms with E-state index < -0.39 is 17.9 Å². The molecule has 0 radical (unpaired) electrons. The number of carbonyl (C=O) groups excluding carboxylic acids is 3. The van der Waals surface area contributed by atoms with E-state index in [1.54, 1.807) is 26.8 Å². The maximum Gasteiger partial charge on any atom is 0.342 e. The average Bonchev–Trinajstić information content (AvgIpc) is 2.80. The number of phenolic OH excluding ortho intramolecular Hbond substituents is 1. The average molecular weight is 343 g/mol. The Balaban J connectivity index is 2.22. The monoisotopic (exact) mass is 343 g/mol. The zero-order chi connectivity index (χ0) is 18.9. The molecular weight excluding hydrogens is 322 g/mol. The minimum Gasteiger partial charge on any atom is -0.507 e. The van der Waals surface area contributed by atoms with E-state index in [0.29, 0.717) is 16.8 Å². The molecule has 1 aromatic heterocycles. The highest BCUT2D eigenvalue weighted by molar-refractivity contribution is 6.05. The van der Waals surface area contributed by atoms with Crippen LogP contribution in [-0.4, -0.2) is 33.7 Å². The van der Waals surface area contributed by atoms with Gasteiger partial charge in [0.1, 0.15) is 11.3 Å². The number of phenols is 1. The molecule has 132 valence electrons. The Labute approximate surface area is 145 Å². The summed E-state index contributed by atoms with van der Waals surface area (Å²) in [7, 11) is 0. The van der Waals surface area contributed by atoms with Crippen molar-refractivity contribution in [3.05, 3.63) is 51.8 Å². The van der Waals surface area contributed by atoms with Crippen molar-refractivity contribution in [1.29, 1.82) is 0 Å². The minimum atomic E-state index is -1.07. The predicted octanol–water partition coefficient (Wildman–Crippen LogP) is 3.28. The number of aromatic amines is 1. The summed E-state index contributed by atoms with van der Waals surface area (Å²) in [5.74, 6) is -1.56. The van der Waals surface area contributed by atoms with E-state index >= 15 is 0 Å². The van der Waals surface area contributed by atoms with Crippen molar-refractivity contribution >= 4 is 17.5 Å². The number of carbonyl (C=O) groups is 3. The summed E-state index contributed by atoms with van der Waals surface area (Å²) in [6.07, 6.45) is -1.07. The third-order valence-electron chi connectivity index (χ3n) is 4.06. The number of ether oxygens (including phenoxy) is 1. The Kier molecular flexibility index (Phi) is 5.11. The highest BCUT2D eigenvalue weighted by Crippen LogP contribution is 2.23. The number of H-pyrrole nitrogens is 1. The SMILES string of the molecule is CC(=O)c1c(C)[nH]c(C(=O)[C@@H](C)OC(=O)c2ccc(C)cc2O)c1C. The maximum absolute atomic E-state index is 12.6. The Morgan fingerprint density at radius 1 is 1.16 bits per heavy atom. The van der Waals surface area contributed by atoms with Gasteiger partial charge in [0.2, 0.25) is 5.78 Å². The van der Waals surface area contributed by atoms with Gasteiger partial charge in [-0.25, -0.2) is 4.79 Å². The van der Waals surface area contributed by atoms with Crippen LogP contribution in [0.2, 0.25) is 0 Å². The summed E-state index contributed by atoms with van der Waals surface area (Å²) in [6, 6.07) is 4.56. The van der Waals surface area contributed by atoms with Crippen molar-refractivity contribution in [2.24, 2.45) is 0 Å². The molecule has 0 aliphatic carbocycles. The Hall–Kier alpha value is -2.89. The van der Waals surface area contributed by atoms with Crippen LogP contribution < -0.4 is 0 Å². The number of hydrogen-bond acceptors (Lipinski definition) is 5. The van der Waals surface area contributed by atoms with Gasteiger partial charge in [0, 0.05) is 11.3 Å². The molecule has 2 N–H and O–H groups in total. The van der Waals surface area contributed by atoms with Gasteiger partial charge >= 0.3 is 5.97 Å². The molecule has 1 heterocycles. The molecule has 2 rings (SSSR count). The van der Waals surface area contributed by atoms with Crippen LogP contribution in [0.5, 0.6) is 5.75 Å². The van der Waals surface area contributed by atoms with E-state index in [-0.39, 0.29) is 22.8 Å². The molecule has 0 fully saturated rings. The smallest absolute Gasteiger partial charge is 0.342 e. The lowest BCUT2D eigenvalue weighted by Crippen LogP contribution is -2.25. The molecule has 0 saturated carbocycles. The standard InChI is InChI=1S/C19H21NO5/c1-9-6-7-14(15(22)8-9)19(24)25-13(5)18(23)17-10(2)16(12(4)21)11(3)20-17/h6-8,13,20,22H,1-5H3/t13-/m1/s1. The van der Waals surface area contributed by atoms with Gasteiger partial charge < -0.3 is 14.8 Å². The van der Waals surface area contributed by atoms with Crippen molar-refractivity contribution in [3.63, 3.8) is 0 Å². The van der Waals surface area contributed by atoms with Crippen LogP contribution in [0.25, 0.3) is 0 Å². The first-order chi connectivity index (χ1) is 11.6. The van der Waals surface area contributed by atoms with Gasteiger partial charge in [-0.05, 0) is 57.9 Å². The van der Waals surface area contributed by atoms with E-state index in [4.69, 9.17) is 4.74 Å². The quantitative estimate of drug-likeness (QED) is 0.641. The first-order valence-electron chi connectivity index (χ1n) is 7.88. The van der Waals surface area contributed by atoms with E-state index in [1.165, 1.54) is 26.0 Å². The number of aromatic nitrogens is 1. The van der Waals surface area contributed by atoms with Crippen LogP contribution in [0.4, 0.5) is 0 Å².